The highest BCUT2D eigenvalue weighted by molar-refractivity contribution is 5.72. The van der Waals surface area contributed by atoms with Gasteiger partial charge in [-0.05, 0) is 59.1 Å². The van der Waals surface area contributed by atoms with Gasteiger partial charge in [0.2, 0.25) is 6.79 Å². The van der Waals surface area contributed by atoms with Gasteiger partial charge in [0.25, 0.3) is 0 Å². The van der Waals surface area contributed by atoms with Gasteiger partial charge in [0.15, 0.2) is 0 Å². The molecule has 0 fully saturated rings. The van der Waals surface area contributed by atoms with Crippen LogP contribution in [-0.4, -0.2) is 6.79 Å². The summed E-state index contributed by atoms with van der Waals surface area (Å²) in [7, 11) is 0. The summed E-state index contributed by atoms with van der Waals surface area (Å²) in [6.45, 7) is 17.7. The molecule has 0 aliphatic heterocycles. The Labute approximate surface area is 223 Å². The van der Waals surface area contributed by atoms with Gasteiger partial charge in [0.1, 0.15) is 11.5 Å². The number of ether oxygens (including phenoxy) is 2. The van der Waals surface area contributed by atoms with Crippen LogP contribution in [0.4, 0.5) is 0 Å². The van der Waals surface area contributed by atoms with E-state index in [1.807, 2.05) is 0 Å². The number of hydrogen-bond acceptors (Lipinski definition) is 2. The highest BCUT2D eigenvalue weighted by atomic mass is 16.7. The molecule has 0 radical (unpaired) electrons. The maximum Gasteiger partial charge on any atom is 0.230 e. The quantitative estimate of drug-likeness (QED) is 0.249. The van der Waals surface area contributed by atoms with E-state index < -0.39 is 0 Å². The Morgan fingerprint density at radius 1 is 0.486 bits per heavy atom. The van der Waals surface area contributed by atoms with Crippen LogP contribution in [0.1, 0.15) is 63.8 Å². The minimum atomic E-state index is 0.0183. The lowest BCUT2D eigenvalue weighted by Crippen LogP contribution is -2.14. The van der Waals surface area contributed by atoms with E-state index in [0.29, 0.717) is 0 Å². The van der Waals surface area contributed by atoms with Crippen molar-refractivity contribution in [1.29, 1.82) is 0 Å². The molecule has 4 aromatic carbocycles. The van der Waals surface area contributed by atoms with Crippen molar-refractivity contribution in [3.63, 3.8) is 0 Å². The van der Waals surface area contributed by atoms with Gasteiger partial charge in [-0.15, -0.1) is 0 Å². The van der Waals surface area contributed by atoms with Crippen molar-refractivity contribution in [2.24, 2.45) is 0 Å². The average Bonchev–Trinajstić information content (AvgIpc) is 2.84. The van der Waals surface area contributed by atoms with Crippen LogP contribution in [0.3, 0.4) is 0 Å². The lowest BCUT2D eigenvalue weighted by molar-refractivity contribution is 0.120. The van der Waals surface area contributed by atoms with E-state index in [9.17, 15) is 0 Å². The molecule has 37 heavy (non-hydrogen) atoms. The summed E-state index contributed by atoms with van der Waals surface area (Å²) in [5, 5.41) is 0. The summed E-state index contributed by atoms with van der Waals surface area (Å²) < 4.78 is 12.7. The predicted octanol–water partition coefficient (Wildman–Crippen LogP) is 9.65. The summed E-state index contributed by atoms with van der Waals surface area (Å²) in [5.41, 5.74) is 9.38. The Bertz CT molecular complexity index is 1240. The molecular formula is C35H40O2. The molecule has 0 saturated carbocycles. The predicted molar refractivity (Wildman–Crippen MR) is 157 cm³/mol. The summed E-state index contributed by atoms with van der Waals surface area (Å²) in [6, 6.07) is 30.2. The second-order valence-electron chi connectivity index (χ2n) is 12.1. The average molecular weight is 493 g/mol. The normalized spacial score (nSPS) is 11.9. The maximum absolute atomic E-state index is 6.37. The van der Waals surface area contributed by atoms with Crippen molar-refractivity contribution in [3.05, 3.63) is 107 Å². The molecular weight excluding hydrogens is 452 g/mol. The summed E-state index contributed by atoms with van der Waals surface area (Å²) in [5.74, 6) is 1.67. The minimum absolute atomic E-state index is 0.0183. The number of benzene rings is 4. The molecule has 0 N–H and O–H groups in total. The Kier molecular flexibility index (Phi) is 7.50. The first-order chi connectivity index (χ1) is 17.4. The van der Waals surface area contributed by atoms with E-state index in [1.165, 1.54) is 22.3 Å². The SMILES string of the molecule is Cc1ccc(-c2ccc(C(C)(C)C)cc2OCOc2cc(C(C)(C)C)ccc2-c2ccc(C)cc2)cc1. The molecule has 192 valence electrons. The number of rotatable bonds is 6. The third-order valence-electron chi connectivity index (χ3n) is 6.85. The highest BCUT2D eigenvalue weighted by Gasteiger charge is 2.19. The van der Waals surface area contributed by atoms with E-state index in [4.69, 9.17) is 9.47 Å². The molecule has 0 unspecified atom stereocenters. The van der Waals surface area contributed by atoms with Crippen molar-refractivity contribution in [2.75, 3.05) is 6.79 Å². The summed E-state index contributed by atoms with van der Waals surface area (Å²) >= 11 is 0. The van der Waals surface area contributed by atoms with Crippen LogP contribution in [0.2, 0.25) is 0 Å². The largest absolute Gasteiger partial charge is 0.457 e. The van der Waals surface area contributed by atoms with Crippen LogP contribution in [0.5, 0.6) is 11.5 Å². The first-order valence-electron chi connectivity index (χ1n) is 13.1. The topological polar surface area (TPSA) is 18.5 Å². The molecule has 2 heteroatoms. The van der Waals surface area contributed by atoms with Crippen LogP contribution >= 0.6 is 0 Å². The third kappa shape index (κ3) is 6.43. The van der Waals surface area contributed by atoms with Crippen LogP contribution < -0.4 is 9.47 Å². The second-order valence-corrected chi connectivity index (χ2v) is 12.1. The Morgan fingerprint density at radius 3 is 1.16 bits per heavy atom. The van der Waals surface area contributed by atoms with Crippen molar-refractivity contribution in [1.82, 2.24) is 0 Å². The van der Waals surface area contributed by atoms with Gasteiger partial charge in [-0.25, -0.2) is 0 Å². The number of aryl methyl sites for hydroxylation is 2. The Balaban J connectivity index is 1.67. The summed E-state index contributed by atoms with van der Waals surface area (Å²) in [6.07, 6.45) is 0. The highest BCUT2D eigenvalue weighted by Crippen LogP contribution is 2.37. The molecule has 0 amide bonds. The standard InChI is InChI=1S/C35H40O2/c1-24-9-13-26(14-10-24)30-19-17-28(34(3,4)5)21-32(30)36-23-37-33-22-29(35(6,7)8)18-20-31(33)27-15-11-25(2)12-16-27/h9-22H,23H2,1-8H3. The molecule has 4 aromatic rings. The fourth-order valence-corrected chi connectivity index (χ4v) is 4.32. The zero-order valence-corrected chi connectivity index (χ0v) is 23.6. The van der Waals surface area contributed by atoms with E-state index >= 15 is 0 Å². The molecule has 0 aliphatic carbocycles. The van der Waals surface area contributed by atoms with Gasteiger partial charge < -0.3 is 9.47 Å². The lowest BCUT2D eigenvalue weighted by Gasteiger charge is -2.23. The molecule has 4 rings (SSSR count). The van der Waals surface area contributed by atoms with E-state index in [-0.39, 0.29) is 17.6 Å². The minimum Gasteiger partial charge on any atom is -0.457 e. The molecule has 0 spiro atoms. The molecule has 2 nitrogen and oxygen atoms in total. The molecule has 0 bridgehead atoms. The monoisotopic (exact) mass is 492 g/mol. The third-order valence-corrected chi connectivity index (χ3v) is 6.85. The fourth-order valence-electron chi connectivity index (χ4n) is 4.32. The van der Waals surface area contributed by atoms with Gasteiger partial charge in [-0.3, -0.25) is 0 Å². The van der Waals surface area contributed by atoms with Gasteiger partial charge in [0.05, 0.1) is 0 Å². The van der Waals surface area contributed by atoms with Gasteiger partial charge in [0, 0.05) is 11.1 Å². The van der Waals surface area contributed by atoms with Crippen LogP contribution in [0.15, 0.2) is 84.9 Å². The van der Waals surface area contributed by atoms with Crippen LogP contribution in [-0.2, 0) is 10.8 Å². The van der Waals surface area contributed by atoms with Crippen molar-refractivity contribution in [2.45, 2.75) is 66.2 Å². The van der Waals surface area contributed by atoms with E-state index in [2.05, 4.69) is 140 Å². The maximum atomic E-state index is 6.37. The Hall–Kier alpha value is -3.52. The van der Waals surface area contributed by atoms with E-state index in [0.717, 1.165) is 33.8 Å². The lowest BCUT2D eigenvalue weighted by atomic mass is 9.86. The fraction of sp³-hybridized carbons (Fsp3) is 0.314. The van der Waals surface area contributed by atoms with E-state index in [1.54, 1.807) is 0 Å². The zero-order valence-electron chi connectivity index (χ0n) is 23.6. The Morgan fingerprint density at radius 2 is 0.838 bits per heavy atom. The molecule has 0 aliphatic rings. The van der Waals surface area contributed by atoms with Crippen LogP contribution in [0, 0.1) is 13.8 Å². The second kappa shape index (κ2) is 10.5. The van der Waals surface area contributed by atoms with Crippen molar-refractivity contribution >= 4 is 0 Å². The molecule has 0 saturated heterocycles. The summed E-state index contributed by atoms with van der Waals surface area (Å²) in [4.78, 5) is 0. The zero-order chi connectivity index (χ0) is 26.8. The first kappa shape index (κ1) is 26.5. The first-order valence-corrected chi connectivity index (χ1v) is 13.1. The van der Waals surface area contributed by atoms with Gasteiger partial charge in [-0.2, -0.15) is 0 Å². The van der Waals surface area contributed by atoms with Crippen molar-refractivity contribution in [3.8, 4) is 33.8 Å². The van der Waals surface area contributed by atoms with Crippen molar-refractivity contribution < 1.29 is 9.47 Å². The van der Waals surface area contributed by atoms with Gasteiger partial charge in [-0.1, -0.05) is 125 Å². The molecule has 0 atom stereocenters. The van der Waals surface area contributed by atoms with Gasteiger partial charge >= 0.3 is 0 Å². The smallest absolute Gasteiger partial charge is 0.230 e. The van der Waals surface area contributed by atoms with Crippen LogP contribution in [0.25, 0.3) is 22.3 Å². The number of hydrogen-bond donors (Lipinski definition) is 0. The molecule has 0 aromatic heterocycles. The molecule has 0 heterocycles.